The topological polar surface area (TPSA) is 35.5 Å². The summed E-state index contributed by atoms with van der Waals surface area (Å²) in [5, 5.41) is 13.2. The third-order valence-corrected chi connectivity index (χ3v) is 4.59. The van der Waals surface area contributed by atoms with Gasteiger partial charge in [-0.15, -0.1) is 0 Å². The standard InChI is InChI=1S/C16H34N2O/c1-5-16(4,12-17-14(2)3)13-18-10-8-6-7-9-15(18)11-19/h14-15,17,19H,5-13H2,1-4H3. The highest BCUT2D eigenvalue weighted by atomic mass is 16.3. The Morgan fingerprint density at radius 1 is 1.32 bits per heavy atom. The van der Waals surface area contributed by atoms with E-state index in [4.69, 9.17) is 0 Å². The van der Waals surface area contributed by atoms with Crippen LogP contribution < -0.4 is 5.32 Å². The van der Waals surface area contributed by atoms with Gasteiger partial charge in [0.05, 0.1) is 6.61 Å². The van der Waals surface area contributed by atoms with E-state index < -0.39 is 0 Å². The van der Waals surface area contributed by atoms with Gasteiger partial charge in [0.25, 0.3) is 0 Å². The number of hydrogen-bond donors (Lipinski definition) is 2. The first-order valence-electron chi connectivity index (χ1n) is 8.09. The van der Waals surface area contributed by atoms with Crippen molar-refractivity contribution in [3.8, 4) is 0 Å². The molecule has 1 fully saturated rings. The molecule has 0 amide bonds. The van der Waals surface area contributed by atoms with Crippen molar-refractivity contribution in [3.63, 3.8) is 0 Å². The van der Waals surface area contributed by atoms with Crippen molar-refractivity contribution in [1.29, 1.82) is 0 Å². The summed E-state index contributed by atoms with van der Waals surface area (Å²) in [5.74, 6) is 0. The van der Waals surface area contributed by atoms with Gasteiger partial charge < -0.3 is 10.4 Å². The maximum absolute atomic E-state index is 9.62. The molecule has 114 valence electrons. The lowest BCUT2D eigenvalue weighted by Crippen LogP contribution is -2.48. The van der Waals surface area contributed by atoms with E-state index >= 15 is 0 Å². The van der Waals surface area contributed by atoms with Crippen molar-refractivity contribution in [3.05, 3.63) is 0 Å². The number of nitrogens with one attached hydrogen (secondary N) is 1. The maximum Gasteiger partial charge on any atom is 0.0586 e. The number of rotatable bonds is 7. The molecular formula is C16H34N2O. The monoisotopic (exact) mass is 270 g/mol. The smallest absolute Gasteiger partial charge is 0.0586 e. The van der Waals surface area contributed by atoms with E-state index in [1.54, 1.807) is 0 Å². The van der Waals surface area contributed by atoms with E-state index in [9.17, 15) is 5.11 Å². The van der Waals surface area contributed by atoms with Crippen LogP contribution in [0.4, 0.5) is 0 Å². The van der Waals surface area contributed by atoms with E-state index in [1.807, 2.05) is 0 Å². The Kier molecular flexibility index (Phi) is 7.33. The maximum atomic E-state index is 9.62. The summed E-state index contributed by atoms with van der Waals surface area (Å²) in [7, 11) is 0. The summed E-state index contributed by atoms with van der Waals surface area (Å²) in [6.07, 6.45) is 6.22. The van der Waals surface area contributed by atoms with Gasteiger partial charge in [-0.05, 0) is 31.2 Å². The molecule has 0 bridgehead atoms. The molecule has 3 nitrogen and oxygen atoms in total. The lowest BCUT2D eigenvalue weighted by molar-refractivity contribution is 0.0771. The van der Waals surface area contributed by atoms with E-state index in [0.717, 1.165) is 26.1 Å². The highest BCUT2D eigenvalue weighted by Gasteiger charge is 2.29. The summed E-state index contributed by atoms with van der Waals surface area (Å²) in [4.78, 5) is 2.54. The van der Waals surface area contributed by atoms with Crippen LogP contribution in [-0.4, -0.2) is 48.3 Å². The molecule has 0 saturated carbocycles. The molecule has 0 aromatic carbocycles. The fraction of sp³-hybridized carbons (Fsp3) is 1.00. The molecular weight excluding hydrogens is 236 g/mol. The lowest BCUT2D eigenvalue weighted by Gasteiger charge is -2.38. The van der Waals surface area contributed by atoms with Gasteiger partial charge in [-0.3, -0.25) is 4.90 Å². The molecule has 2 unspecified atom stereocenters. The highest BCUT2D eigenvalue weighted by Crippen LogP contribution is 2.26. The molecule has 3 heteroatoms. The molecule has 1 heterocycles. The van der Waals surface area contributed by atoms with Crippen LogP contribution in [0.25, 0.3) is 0 Å². The molecule has 1 aliphatic rings. The number of nitrogens with zero attached hydrogens (tertiary/aromatic N) is 1. The van der Waals surface area contributed by atoms with Crippen LogP contribution in [0, 0.1) is 5.41 Å². The van der Waals surface area contributed by atoms with Gasteiger partial charge in [0.15, 0.2) is 0 Å². The molecule has 19 heavy (non-hydrogen) atoms. The van der Waals surface area contributed by atoms with Gasteiger partial charge in [0, 0.05) is 25.2 Å². The summed E-state index contributed by atoms with van der Waals surface area (Å²) in [6.45, 7) is 12.7. The average Bonchev–Trinajstić information content (AvgIpc) is 2.61. The Labute approximate surface area is 119 Å². The van der Waals surface area contributed by atoms with Crippen LogP contribution in [0.3, 0.4) is 0 Å². The summed E-state index contributed by atoms with van der Waals surface area (Å²) in [6, 6.07) is 0.927. The molecule has 1 aliphatic heterocycles. The van der Waals surface area contributed by atoms with Crippen LogP contribution in [0.15, 0.2) is 0 Å². The van der Waals surface area contributed by atoms with Crippen molar-refractivity contribution in [2.24, 2.45) is 5.41 Å². The van der Waals surface area contributed by atoms with E-state index in [-0.39, 0.29) is 0 Å². The van der Waals surface area contributed by atoms with Crippen molar-refractivity contribution in [2.45, 2.75) is 71.9 Å². The average molecular weight is 270 g/mol. The second-order valence-corrected chi connectivity index (χ2v) is 6.86. The van der Waals surface area contributed by atoms with Gasteiger partial charge in [0.1, 0.15) is 0 Å². The van der Waals surface area contributed by atoms with Gasteiger partial charge in [-0.1, -0.05) is 40.5 Å². The number of hydrogen-bond acceptors (Lipinski definition) is 3. The zero-order valence-electron chi connectivity index (χ0n) is 13.4. The SMILES string of the molecule is CCC(C)(CNC(C)C)CN1CCCCCC1CO. The first kappa shape index (κ1) is 16.9. The van der Waals surface area contributed by atoms with Gasteiger partial charge in [-0.25, -0.2) is 0 Å². The zero-order valence-corrected chi connectivity index (χ0v) is 13.4. The summed E-state index contributed by atoms with van der Waals surface area (Å²) in [5.41, 5.74) is 0.308. The Balaban J connectivity index is 2.60. The first-order chi connectivity index (χ1) is 9.00. The highest BCUT2D eigenvalue weighted by molar-refractivity contribution is 4.84. The molecule has 1 saturated heterocycles. The van der Waals surface area contributed by atoms with Gasteiger partial charge in [-0.2, -0.15) is 0 Å². The Hall–Kier alpha value is -0.120. The first-order valence-corrected chi connectivity index (χ1v) is 8.09. The number of aliphatic hydroxyl groups excluding tert-OH is 1. The normalized spacial score (nSPS) is 25.3. The molecule has 0 aromatic heterocycles. The Bertz CT molecular complexity index is 245. The minimum Gasteiger partial charge on any atom is -0.395 e. The Morgan fingerprint density at radius 3 is 2.63 bits per heavy atom. The third-order valence-electron chi connectivity index (χ3n) is 4.59. The van der Waals surface area contributed by atoms with Crippen molar-refractivity contribution >= 4 is 0 Å². The van der Waals surface area contributed by atoms with Gasteiger partial charge >= 0.3 is 0 Å². The van der Waals surface area contributed by atoms with Crippen LogP contribution in [0.2, 0.25) is 0 Å². The Morgan fingerprint density at radius 2 is 2.05 bits per heavy atom. The number of aliphatic hydroxyl groups is 1. The van der Waals surface area contributed by atoms with Crippen LogP contribution in [0.1, 0.15) is 59.8 Å². The minimum atomic E-state index is 0.308. The molecule has 0 spiro atoms. The van der Waals surface area contributed by atoms with E-state index in [2.05, 4.69) is 37.9 Å². The number of likely N-dealkylation sites (tertiary alicyclic amines) is 1. The molecule has 0 aliphatic carbocycles. The van der Waals surface area contributed by atoms with Crippen molar-refractivity contribution in [2.75, 3.05) is 26.2 Å². The predicted molar refractivity (Wildman–Crippen MR) is 82.5 cm³/mol. The largest absolute Gasteiger partial charge is 0.395 e. The fourth-order valence-corrected chi connectivity index (χ4v) is 2.89. The molecule has 1 rings (SSSR count). The molecule has 0 aromatic rings. The predicted octanol–water partition coefficient (Wildman–Crippen LogP) is 2.64. The molecule has 2 atom stereocenters. The third kappa shape index (κ3) is 5.80. The second-order valence-electron chi connectivity index (χ2n) is 6.86. The molecule has 2 N–H and O–H groups in total. The molecule has 0 radical (unpaired) electrons. The summed E-state index contributed by atoms with van der Waals surface area (Å²) < 4.78 is 0. The van der Waals surface area contributed by atoms with Gasteiger partial charge in [0.2, 0.25) is 0 Å². The summed E-state index contributed by atoms with van der Waals surface area (Å²) >= 11 is 0. The van der Waals surface area contributed by atoms with E-state index in [0.29, 0.717) is 24.1 Å². The van der Waals surface area contributed by atoms with Crippen LogP contribution in [0.5, 0.6) is 0 Å². The van der Waals surface area contributed by atoms with Crippen molar-refractivity contribution < 1.29 is 5.11 Å². The lowest BCUT2D eigenvalue weighted by atomic mass is 9.86. The minimum absolute atomic E-state index is 0.308. The van der Waals surface area contributed by atoms with Crippen LogP contribution in [-0.2, 0) is 0 Å². The van der Waals surface area contributed by atoms with Crippen molar-refractivity contribution in [1.82, 2.24) is 10.2 Å². The van der Waals surface area contributed by atoms with E-state index in [1.165, 1.54) is 25.7 Å². The second kappa shape index (κ2) is 8.23. The van der Waals surface area contributed by atoms with Crippen LogP contribution >= 0.6 is 0 Å². The quantitative estimate of drug-likeness (QED) is 0.746. The fourth-order valence-electron chi connectivity index (χ4n) is 2.89. The zero-order chi connectivity index (χ0) is 14.3.